The molecule has 0 atom stereocenters. The molecule has 3 rings (SSSR count). The third-order valence-corrected chi connectivity index (χ3v) is 5.53. The van der Waals surface area contributed by atoms with Gasteiger partial charge >= 0.3 is 94.2 Å². The Hall–Kier alpha value is -1.97. The summed E-state index contributed by atoms with van der Waals surface area (Å²) in [6.45, 7) is 16.9. The average molecular weight is 553 g/mol. The third kappa shape index (κ3) is 9.89. The number of benzene rings is 2. The van der Waals surface area contributed by atoms with Crippen LogP contribution in [0.2, 0.25) is 0 Å². The van der Waals surface area contributed by atoms with E-state index in [1.807, 2.05) is 32.2 Å². The van der Waals surface area contributed by atoms with Gasteiger partial charge in [0, 0.05) is 23.7 Å². The predicted octanol–water partition coefficient (Wildman–Crippen LogP) is 2.38. The molecule has 189 valence electrons. The third-order valence-electron chi connectivity index (χ3n) is 5.40. The maximum absolute atomic E-state index is 4.83. The fourth-order valence-corrected chi connectivity index (χ4v) is 3.68. The molecule has 0 radical (unpaired) electrons. The summed E-state index contributed by atoms with van der Waals surface area (Å²) in [6, 6.07) is 16.7. The van der Waals surface area contributed by atoms with Crippen LogP contribution in [-0.2, 0) is 16.0 Å². The van der Waals surface area contributed by atoms with Crippen LogP contribution in [0.3, 0.4) is 0 Å². The Labute approximate surface area is 232 Å². The van der Waals surface area contributed by atoms with Crippen molar-refractivity contribution in [2.24, 2.45) is 9.98 Å². The van der Waals surface area contributed by atoms with Gasteiger partial charge in [-0.3, -0.25) is 9.98 Å². The van der Waals surface area contributed by atoms with Gasteiger partial charge in [0.25, 0.3) is 0 Å². The molecule has 0 aliphatic carbocycles. The van der Waals surface area contributed by atoms with E-state index in [9.17, 15) is 0 Å². The van der Waals surface area contributed by atoms with Crippen LogP contribution in [0, 0.1) is 13.8 Å². The van der Waals surface area contributed by atoms with Crippen molar-refractivity contribution in [1.29, 1.82) is 0 Å². The van der Waals surface area contributed by atoms with E-state index < -0.39 is 0 Å². The fourth-order valence-electron chi connectivity index (χ4n) is 3.56. The van der Waals surface area contributed by atoms with Crippen molar-refractivity contribution in [2.75, 3.05) is 0 Å². The van der Waals surface area contributed by atoms with E-state index in [-0.39, 0.29) is 24.8 Å². The second-order valence-electron chi connectivity index (χ2n) is 8.87. The van der Waals surface area contributed by atoms with Crippen LogP contribution >= 0.6 is 0 Å². The van der Waals surface area contributed by atoms with Crippen molar-refractivity contribution in [2.45, 2.75) is 67.2 Å². The van der Waals surface area contributed by atoms with Crippen LogP contribution in [0.1, 0.15) is 81.2 Å². The minimum Gasteiger partial charge on any atom is -1.00 e. The van der Waals surface area contributed by atoms with Crippen LogP contribution in [0.25, 0.3) is 0 Å². The molecule has 0 spiro atoms. The number of hydrogen-bond acceptors (Lipinski definition) is 3. The van der Waals surface area contributed by atoms with Crippen LogP contribution < -0.4 is 24.8 Å². The number of aromatic nitrogens is 1. The first kappa shape index (κ1) is 33.0. The Balaban J connectivity index is 0.000000652. The Morgan fingerprint density at radius 2 is 1.23 bits per heavy atom. The molecule has 0 unspecified atom stereocenters. The number of aryl methyl sites for hydroxylation is 2. The summed E-state index contributed by atoms with van der Waals surface area (Å²) in [6.07, 6.45) is 3.64. The molecule has 3 aromatic rings. The van der Waals surface area contributed by atoms with Crippen molar-refractivity contribution < 1.29 is 40.8 Å². The van der Waals surface area contributed by atoms with Gasteiger partial charge in [-0.05, 0) is 37.0 Å². The largest absolute Gasteiger partial charge is 1.00 e. The first-order chi connectivity index (χ1) is 15.6. The van der Waals surface area contributed by atoms with Gasteiger partial charge in [0.2, 0.25) is 0 Å². The van der Waals surface area contributed by atoms with E-state index in [1.54, 1.807) is 6.20 Å². The zero-order chi connectivity index (χ0) is 24.5. The standard InChI is InChI=1S/C17H20N2.C12H16N.2ClH.Fe/c1-12(2)16-9-5-7-13(3)17(16)19-14(4)15-8-6-10-18-11-15;1-5-13-12-10(4)7-6-8-11(12)9(2)3;;;/h5-12H,1-4H3;6-9H,1-4H3;2*1H;/q;;;;+2/p-2. The van der Waals surface area contributed by atoms with Crippen molar-refractivity contribution in [3.05, 3.63) is 88.7 Å². The van der Waals surface area contributed by atoms with Crippen molar-refractivity contribution in [3.63, 3.8) is 0 Å². The topological polar surface area (TPSA) is 37.6 Å². The summed E-state index contributed by atoms with van der Waals surface area (Å²) in [7, 11) is 0. The van der Waals surface area contributed by atoms with Gasteiger partial charge in [0.05, 0.1) is 5.69 Å². The molecule has 1 aromatic heterocycles. The van der Waals surface area contributed by atoms with Gasteiger partial charge in [-0.2, -0.15) is 0 Å². The normalized spacial score (nSPS) is 11.4. The number of rotatable bonds is 5. The first-order valence-corrected chi connectivity index (χ1v) is 12.0. The molecule has 0 aliphatic rings. The molecular formula is C29H36Cl2FeN3. The second kappa shape index (κ2) is 15.9. The molecule has 0 N–H and O–H groups in total. The maximum atomic E-state index is 4.83. The van der Waals surface area contributed by atoms with Crippen LogP contribution in [-0.4, -0.2) is 15.3 Å². The molecule has 0 bridgehead atoms. The SMILES string of the molecule is CC(=Nc1c(C)cccc1C(C)C)c1cccnc1.C[C]([Fe+2])=Nc1c(C)cccc1C(C)C.[Cl-].[Cl-]. The monoisotopic (exact) mass is 552 g/mol. The Morgan fingerprint density at radius 3 is 1.63 bits per heavy atom. The van der Waals surface area contributed by atoms with Crippen LogP contribution in [0.15, 0.2) is 70.9 Å². The van der Waals surface area contributed by atoms with E-state index in [1.165, 1.54) is 22.3 Å². The minimum absolute atomic E-state index is 0. The number of nitrogens with zero attached hydrogens (tertiary/aromatic N) is 3. The zero-order valence-electron chi connectivity index (χ0n) is 21.9. The van der Waals surface area contributed by atoms with Crippen molar-refractivity contribution in [3.8, 4) is 0 Å². The number of hydrogen-bond donors (Lipinski definition) is 0. The zero-order valence-corrected chi connectivity index (χ0v) is 24.5. The van der Waals surface area contributed by atoms with Crippen LogP contribution in [0.4, 0.5) is 11.4 Å². The van der Waals surface area contributed by atoms with Gasteiger partial charge in [0.1, 0.15) is 0 Å². The number of para-hydroxylation sites is 2. The molecule has 0 aliphatic heterocycles. The summed E-state index contributed by atoms with van der Waals surface area (Å²) in [5.41, 5.74) is 9.29. The average Bonchev–Trinajstić information content (AvgIpc) is 2.77. The van der Waals surface area contributed by atoms with E-state index in [0.717, 1.165) is 27.3 Å². The summed E-state index contributed by atoms with van der Waals surface area (Å²) in [4.78, 5) is 13.5. The molecule has 0 amide bonds. The van der Waals surface area contributed by atoms with Gasteiger partial charge in [-0.15, -0.1) is 0 Å². The summed E-state index contributed by atoms with van der Waals surface area (Å²) in [5.74, 6) is 0.980. The molecule has 6 heteroatoms. The Kier molecular flexibility index (Phi) is 15.0. The predicted molar refractivity (Wildman–Crippen MR) is 139 cm³/mol. The van der Waals surface area contributed by atoms with Crippen LogP contribution in [0.5, 0.6) is 0 Å². The summed E-state index contributed by atoms with van der Waals surface area (Å²) in [5, 5.41) is 0. The van der Waals surface area contributed by atoms with E-state index in [0.29, 0.717) is 11.8 Å². The number of halogens is 2. The van der Waals surface area contributed by atoms with E-state index >= 15 is 0 Å². The molecule has 0 fully saturated rings. The molecule has 0 saturated carbocycles. The Morgan fingerprint density at radius 1 is 0.743 bits per heavy atom. The minimum atomic E-state index is 0. The molecule has 0 saturated heterocycles. The summed E-state index contributed by atoms with van der Waals surface area (Å²) < 4.78 is 0.862. The number of pyridine rings is 1. The van der Waals surface area contributed by atoms with Crippen molar-refractivity contribution >= 4 is 21.7 Å². The van der Waals surface area contributed by atoms with Gasteiger partial charge in [0.15, 0.2) is 0 Å². The Bertz CT molecular complexity index is 1120. The summed E-state index contributed by atoms with van der Waals surface area (Å²) >= 11 is 3.83. The van der Waals surface area contributed by atoms with Gasteiger partial charge in [-0.1, -0.05) is 38.1 Å². The fraction of sp³-hybridized carbons (Fsp3) is 0.345. The molecule has 1 heterocycles. The van der Waals surface area contributed by atoms with Gasteiger partial charge < -0.3 is 24.8 Å². The molecule has 2 aromatic carbocycles. The number of aliphatic imine (C=N–C) groups is 2. The molecule has 3 nitrogen and oxygen atoms in total. The van der Waals surface area contributed by atoms with E-state index in [2.05, 4.69) is 104 Å². The molecule has 35 heavy (non-hydrogen) atoms. The van der Waals surface area contributed by atoms with E-state index in [4.69, 9.17) is 4.99 Å². The smallest absolute Gasteiger partial charge is 1.00 e. The van der Waals surface area contributed by atoms with Crippen molar-refractivity contribution in [1.82, 2.24) is 4.98 Å². The maximum Gasteiger partial charge on any atom is -1.00 e. The second-order valence-corrected chi connectivity index (χ2v) is 9.66. The molecular weight excluding hydrogens is 517 g/mol. The first-order valence-electron chi connectivity index (χ1n) is 11.5. The van der Waals surface area contributed by atoms with Gasteiger partial charge in [-0.25, -0.2) is 0 Å². The quantitative estimate of drug-likeness (QED) is 0.354.